The van der Waals surface area contributed by atoms with Crippen LogP contribution in [0.15, 0.2) is 29.6 Å². The van der Waals surface area contributed by atoms with Crippen molar-refractivity contribution in [1.29, 1.82) is 0 Å². The molecule has 1 aliphatic rings. The van der Waals surface area contributed by atoms with Crippen LogP contribution in [0.2, 0.25) is 5.02 Å². The summed E-state index contributed by atoms with van der Waals surface area (Å²) < 4.78 is 4.85. The first-order valence-corrected chi connectivity index (χ1v) is 8.58. The van der Waals surface area contributed by atoms with Crippen molar-refractivity contribution >= 4 is 40.5 Å². The first-order valence-electron chi connectivity index (χ1n) is 7.33. The lowest BCUT2D eigenvalue weighted by molar-refractivity contribution is -0.385. The lowest BCUT2D eigenvalue weighted by Gasteiger charge is -2.33. The predicted octanol–water partition coefficient (Wildman–Crippen LogP) is 3.22. The summed E-state index contributed by atoms with van der Waals surface area (Å²) in [6.45, 7) is 0.260. The third kappa shape index (κ3) is 3.10. The number of hydrogen-bond donors (Lipinski definition) is 0. The molecule has 1 amide bonds. The summed E-state index contributed by atoms with van der Waals surface area (Å²) in [4.78, 5) is 38.2. The molecule has 0 fully saturated rings. The average Bonchev–Trinajstić information content (AvgIpc) is 3.07. The zero-order valence-corrected chi connectivity index (χ0v) is 14.7. The number of nitro benzene ring substituents is 1. The van der Waals surface area contributed by atoms with E-state index in [1.54, 1.807) is 6.07 Å². The molecule has 25 heavy (non-hydrogen) atoms. The number of ether oxygens (including phenoxy) is 1. The molecule has 0 N–H and O–H groups in total. The second kappa shape index (κ2) is 6.81. The standard InChI is InChI=1S/C16H13ClN2O5S/c1-24-16(21)14-10-5-7-25-13(10)4-6-18(14)15(20)11-8-9(17)2-3-12(11)19(22)23/h2-3,5,7-8,14H,4,6H2,1H3. The predicted molar refractivity (Wildman–Crippen MR) is 91.9 cm³/mol. The Balaban J connectivity index is 2.06. The highest BCUT2D eigenvalue weighted by atomic mass is 35.5. The number of nitro groups is 1. The zero-order valence-electron chi connectivity index (χ0n) is 13.1. The molecule has 130 valence electrons. The summed E-state index contributed by atoms with van der Waals surface area (Å²) >= 11 is 7.41. The number of halogens is 1. The summed E-state index contributed by atoms with van der Waals surface area (Å²) in [6, 6.07) is 4.63. The van der Waals surface area contributed by atoms with Crippen LogP contribution in [-0.4, -0.2) is 35.4 Å². The number of hydrogen-bond acceptors (Lipinski definition) is 6. The van der Waals surface area contributed by atoms with E-state index >= 15 is 0 Å². The van der Waals surface area contributed by atoms with Gasteiger partial charge in [0.15, 0.2) is 6.04 Å². The van der Waals surface area contributed by atoms with Gasteiger partial charge in [0.1, 0.15) is 5.56 Å². The van der Waals surface area contributed by atoms with E-state index in [0.717, 1.165) is 4.88 Å². The van der Waals surface area contributed by atoms with Gasteiger partial charge in [-0.1, -0.05) is 11.6 Å². The number of methoxy groups -OCH3 is 1. The van der Waals surface area contributed by atoms with Crippen LogP contribution in [0.5, 0.6) is 0 Å². The van der Waals surface area contributed by atoms with Gasteiger partial charge in [0.25, 0.3) is 11.6 Å². The number of carbonyl (C=O) groups excluding carboxylic acids is 2. The van der Waals surface area contributed by atoms with E-state index < -0.39 is 22.8 Å². The maximum Gasteiger partial charge on any atom is 0.333 e. The molecule has 1 aliphatic heterocycles. The van der Waals surface area contributed by atoms with E-state index in [4.69, 9.17) is 16.3 Å². The first-order chi connectivity index (χ1) is 11.9. The van der Waals surface area contributed by atoms with Crippen molar-refractivity contribution in [2.24, 2.45) is 0 Å². The van der Waals surface area contributed by atoms with Crippen LogP contribution in [-0.2, 0) is 16.0 Å². The molecular formula is C16H13ClN2O5S. The summed E-state index contributed by atoms with van der Waals surface area (Å²) in [7, 11) is 1.24. The van der Waals surface area contributed by atoms with Crippen molar-refractivity contribution in [3.63, 3.8) is 0 Å². The number of esters is 1. The van der Waals surface area contributed by atoms with E-state index in [0.29, 0.717) is 12.0 Å². The molecule has 1 aromatic heterocycles. The second-order valence-corrected chi connectivity index (χ2v) is 6.83. The van der Waals surface area contributed by atoms with Crippen LogP contribution < -0.4 is 0 Å². The molecule has 0 aliphatic carbocycles. The average molecular weight is 381 g/mol. The molecule has 9 heteroatoms. The molecule has 1 aromatic carbocycles. The van der Waals surface area contributed by atoms with Gasteiger partial charge in [-0.15, -0.1) is 11.3 Å². The van der Waals surface area contributed by atoms with Crippen LogP contribution in [0, 0.1) is 10.1 Å². The van der Waals surface area contributed by atoms with Gasteiger partial charge in [0, 0.05) is 22.5 Å². The number of thiophene rings is 1. The van der Waals surface area contributed by atoms with E-state index in [1.807, 2.05) is 5.38 Å². The van der Waals surface area contributed by atoms with Crippen molar-refractivity contribution in [3.05, 3.63) is 60.8 Å². The summed E-state index contributed by atoms with van der Waals surface area (Å²) in [5.74, 6) is -1.21. The third-order valence-electron chi connectivity index (χ3n) is 4.04. The van der Waals surface area contributed by atoms with Crippen LogP contribution in [0.1, 0.15) is 26.8 Å². The SMILES string of the molecule is COC(=O)C1c2ccsc2CCN1C(=O)c1cc(Cl)ccc1[N+](=O)[O-]. The second-order valence-electron chi connectivity index (χ2n) is 5.39. The van der Waals surface area contributed by atoms with Crippen molar-refractivity contribution in [1.82, 2.24) is 4.90 Å². The smallest absolute Gasteiger partial charge is 0.333 e. The Bertz CT molecular complexity index is 866. The van der Waals surface area contributed by atoms with Gasteiger partial charge in [-0.25, -0.2) is 4.79 Å². The van der Waals surface area contributed by atoms with E-state index in [1.165, 1.54) is 41.5 Å². The summed E-state index contributed by atoms with van der Waals surface area (Å²) in [5.41, 5.74) is 0.195. The Morgan fingerprint density at radius 1 is 1.40 bits per heavy atom. The molecular weight excluding hydrogens is 368 g/mol. The van der Waals surface area contributed by atoms with Gasteiger partial charge in [-0.3, -0.25) is 14.9 Å². The monoisotopic (exact) mass is 380 g/mol. The molecule has 0 saturated carbocycles. The molecule has 0 spiro atoms. The van der Waals surface area contributed by atoms with Gasteiger partial charge in [-0.05, 0) is 35.6 Å². The number of rotatable bonds is 3. The molecule has 1 atom stereocenters. The van der Waals surface area contributed by atoms with E-state index in [2.05, 4.69) is 0 Å². The number of nitrogens with zero attached hydrogens (tertiary/aromatic N) is 2. The minimum atomic E-state index is -0.925. The first kappa shape index (κ1) is 17.4. The van der Waals surface area contributed by atoms with Crippen LogP contribution in [0.25, 0.3) is 0 Å². The number of amides is 1. The molecule has 2 aromatic rings. The molecule has 0 bridgehead atoms. The van der Waals surface area contributed by atoms with Gasteiger partial charge in [0.2, 0.25) is 0 Å². The van der Waals surface area contributed by atoms with Crippen molar-refractivity contribution < 1.29 is 19.2 Å². The fraction of sp³-hybridized carbons (Fsp3) is 0.250. The molecule has 3 rings (SSSR count). The van der Waals surface area contributed by atoms with Crippen LogP contribution in [0.3, 0.4) is 0 Å². The van der Waals surface area contributed by atoms with Gasteiger partial charge in [0.05, 0.1) is 12.0 Å². The van der Waals surface area contributed by atoms with E-state index in [9.17, 15) is 19.7 Å². The Morgan fingerprint density at radius 3 is 2.84 bits per heavy atom. The minimum Gasteiger partial charge on any atom is -0.467 e. The van der Waals surface area contributed by atoms with E-state index in [-0.39, 0.29) is 22.8 Å². The normalized spacial score (nSPS) is 16.2. The van der Waals surface area contributed by atoms with Crippen molar-refractivity contribution in [3.8, 4) is 0 Å². The molecule has 0 saturated heterocycles. The lowest BCUT2D eigenvalue weighted by atomic mass is 9.98. The van der Waals surface area contributed by atoms with Gasteiger partial charge < -0.3 is 9.64 Å². The summed E-state index contributed by atoms with van der Waals surface area (Å²) in [6.07, 6.45) is 0.570. The fourth-order valence-electron chi connectivity index (χ4n) is 2.89. The van der Waals surface area contributed by atoms with Crippen molar-refractivity contribution in [2.45, 2.75) is 12.5 Å². The highest BCUT2D eigenvalue weighted by Gasteiger charge is 2.39. The Hall–Kier alpha value is -2.45. The molecule has 2 heterocycles. The van der Waals surface area contributed by atoms with Crippen LogP contribution in [0.4, 0.5) is 5.69 Å². The molecule has 7 nitrogen and oxygen atoms in total. The van der Waals surface area contributed by atoms with Gasteiger partial charge >= 0.3 is 5.97 Å². The largest absolute Gasteiger partial charge is 0.467 e. The molecule has 1 unspecified atom stereocenters. The Labute approximate surface area is 151 Å². The topological polar surface area (TPSA) is 89.8 Å². The maximum atomic E-state index is 13.0. The number of benzene rings is 1. The summed E-state index contributed by atoms with van der Waals surface area (Å²) in [5, 5.41) is 13.3. The third-order valence-corrected chi connectivity index (χ3v) is 5.27. The number of fused-ring (bicyclic) bond motifs is 1. The quantitative estimate of drug-likeness (QED) is 0.463. The maximum absolute atomic E-state index is 13.0. The minimum absolute atomic E-state index is 0.148. The zero-order chi connectivity index (χ0) is 18.1. The Kier molecular flexibility index (Phi) is 4.73. The fourth-order valence-corrected chi connectivity index (χ4v) is 3.97. The Morgan fingerprint density at radius 2 is 2.16 bits per heavy atom. The van der Waals surface area contributed by atoms with Crippen molar-refractivity contribution in [2.75, 3.05) is 13.7 Å². The number of carbonyl (C=O) groups is 2. The highest BCUT2D eigenvalue weighted by Crippen LogP contribution is 2.36. The van der Waals surface area contributed by atoms with Gasteiger partial charge in [-0.2, -0.15) is 0 Å². The molecule has 0 radical (unpaired) electrons. The van der Waals surface area contributed by atoms with Crippen LogP contribution >= 0.6 is 22.9 Å². The highest BCUT2D eigenvalue weighted by molar-refractivity contribution is 7.10. The lowest BCUT2D eigenvalue weighted by Crippen LogP contribution is -2.43.